The molecule has 29 heavy (non-hydrogen) atoms. The van der Waals surface area contributed by atoms with Gasteiger partial charge in [0.25, 0.3) is 5.91 Å². The predicted molar refractivity (Wildman–Crippen MR) is 108 cm³/mol. The molecular weight excluding hydrogens is 368 g/mol. The minimum absolute atomic E-state index is 0.224. The lowest BCUT2D eigenvalue weighted by Gasteiger charge is -2.29. The number of benzene rings is 1. The molecule has 148 valence electrons. The summed E-state index contributed by atoms with van der Waals surface area (Å²) in [6.45, 7) is 4.18. The molecule has 0 aliphatic carbocycles. The first-order chi connectivity index (χ1) is 14.0. The van der Waals surface area contributed by atoms with Gasteiger partial charge in [0, 0.05) is 24.1 Å². The van der Waals surface area contributed by atoms with Crippen molar-refractivity contribution < 1.29 is 14.3 Å². The van der Waals surface area contributed by atoms with Gasteiger partial charge in [0.05, 0.1) is 11.3 Å². The van der Waals surface area contributed by atoms with E-state index in [0.29, 0.717) is 17.9 Å². The molecule has 0 saturated carbocycles. The first kappa shape index (κ1) is 18.9. The van der Waals surface area contributed by atoms with Crippen LogP contribution in [0.25, 0.3) is 5.82 Å². The lowest BCUT2D eigenvalue weighted by molar-refractivity contribution is -0.121. The third-order valence-corrected chi connectivity index (χ3v) is 4.95. The molecule has 2 aromatic heterocycles. The number of carbonyl (C=O) groups excluding carboxylic acids is 2. The summed E-state index contributed by atoms with van der Waals surface area (Å²) in [6.07, 6.45) is 3.29. The second-order valence-corrected chi connectivity index (χ2v) is 7.10. The Labute approximate surface area is 168 Å². The van der Waals surface area contributed by atoms with Crippen LogP contribution in [0.4, 0.5) is 5.69 Å². The number of para-hydroxylation sites is 1. The Hall–Kier alpha value is -3.48. The van der Waals surface area contributed by atoms with Crippen molar-refractivity contribution in [2.75, 3.05) is 18.1 Å². The molecule has 1 aromatic carbocycles. The quantitative estimate of drug-likeness (QED) is 0.640. The lowest BCUT2D eigenvalue weighted by atomic mass is 10.0. The first-order valence-electron chi connectivity index (χ1n) is 9.58. The Bertz CT molecular complexity index is 1060. The van der Waals surface area contributed by atoms with Gasteiger partial charge >= 0.3 is 5.97 Å². The number of fused-ring (bicyclic) bond motifs is 1. The highest BCUT2D eigenvalue weighted by Gasteiger charge is 2.23. The van der Waals surface area contributed by atoms with Gasteiger partial charge in [0.15, 0.2) is 12.4 Å². The number of aromatic nitrogens is 3. The van der Waals surface area contributed by atoms with Crippen LogP contribution in [0, 0.1) is 13.8 Å². The van der Waals surface area contributed by atoms with Gasteiger partial charge in [-0.05, 0) is 56.5 Å². The van der Waals surface area contributed by atoms with E-state index < -0.39 is 5.97 Å². The zero-order valence-electron chi connectivity index (χ0n) is 16.5. The number of ether oxygens (including phenoxy) is 1. The van der Waals surface area contributed by atoms with Crippen LogP contribution in [0.2, 0.25) is 0 Å². The molecule has 7 nitrogen and oxygen atoms in total. The minimum Gasteiger partial charge on any atom is -0.452 e. The zero-order chi connectivity index (χ0) is 20.4. The summed E-state index contributed by atoms with van der Waals surface area (Å²) in [7, 11) is 0. The predicted octanol–water partition coefficient (Wildman–Crippen LogP) is 3.02. The van der Waals surface area contributed by atoms with Crippen molar-refractivity contribution in [3.63, 3.8) is 0 Å². The molecular formula is C22H22N4O3. The van der Waals surface area contributed by atoms with Gasteiger partial charge in [-0.2, -0.15) is 5.10 Å². The summed E-state index contributed by atoms with van der Waals surface area (Å²) in [5, 5.41) is 4.37. The van der Waals surface area contributed by atoms with E-state index >= 15 is 0 Å². The Balaban J connectivity index is 1.40. The molecule has 1 amide bonds. The van der Waals surface area contributed by atoms with E-state index in [1.807, 2.05) is 44.2 Å². The number of hydrogen-bond acceptors (Lipinski definition) is 5. The number of aryl methyl sites for hydroxylation is 3. The number of rotatable bonds is 4. The molecule has 0 N–H and O–H groups in total. The van der Waals surface area contributed by atoms with Crippen LogP contribution in [0.1, 0.15) is 33.7 Å². The maximum Gasteiger partial charge on any atom is 0.340 e. The SMILES string of the molecule is Cc1cc(C)n(-c2ccc(C(=O)OCC(=O)N3CCCc4ccccc43)cn2)n1. The lowest BCUT2D eigenvalue weighted by Crippen LogP contribution is -2.38. The van der Waals surface area contributed by atoms with Crippen molar-refractivity contribution in [1.29, 1.82) is 0 Å². The normalized spacial score (nSPS) is 13.1. The Morgan fingerprint density at radius 2 is 1.97 bits per heavy atom. The number of esters is 1. The maximum absolute atomic E-state index is 12.6. The summed E-state index contributed by atoms with van der Waals surface area (Å²) < 4.78 is 6.95. The largest absolute Gasteiger partial charge is 0.452 e. The fourth-order valence-electron chi connectivity index (χ4n) is 3.57. The van der Waals surface area contributed by atoms with E-state index in [4.69, 9.17) is 4.74 Å². The second-order valence-electron chi connectivity index (χ2n) is 7.10. The van der Waals surface area contributed by atoms with Crippen molar-refractivity contribution >= 4 is 17.6 Å². The van der Waals surface area contributed by atoms with Crippen LogP contribution in [0.3, 0.4) is 0 Å². The molecule has 0 saturated heterocycles. The van der Waals surface area contributed by atoms with Gasteiger partial charge < -0.3 is 9.64 Å². The fraction of sp³-hybridized carbons (Fsp3) is 0.273. The number of hydrogen-bond donors (Lipinski definition) is 0. The van der Waals surface area contributed by atoms with Gasteiger partial charge in [-0.1, -0.05) is 18.2 Å². The van der Waals surface area contributed by atoms with E-state index in [-0.39, 0.29) is 12.5 Å². The van der Waals surface area contributed by atoms with Crippen molar-refractivity contribution in [1.82, 2.24) is 14.8 Å². The first-order valence-corrected chi connectivity index (χ1v) is 9.58. The van der Waals surface area contributed by atoms with Crippen molar-refractivity contribution in [3.05, 3.63) is 71.2 Å². The van der Waals surface area contributed by atoms with Crippen LogP contribution in [0.15, 0.2) is 48.7 Å². The smallest absolute Gasteiger partial charge is 0.340 e. The van der Waals surface area contributed by atoms with Crippen molar-refractivity contribution in [3.8, 4) is 5.82 Å². The molecule has 3 heterocycles. The van der Waals surface area contributed by atoms with Gasteiger partial charge in [0.2, 0.25) is 0 Å². The van der Waals surface area contributed by atoms with Crippen molar-refractivity contribution in [2.45, 2.75) is 26.7 Å². The summed E-state index contributed by atoms with van der Waals surface area (Å²) in [5.41, 5.74) is 4.18. The molecule has 4 rings (SSSR count). The van der Waals surface area contributed by atoms with Crippen LogP contribution >= 0.6 is 0 Å². The third-order valence-electron chi connectivity index (χ3n) is 4.95. The molecule has 1 aliphatic rings. The van der Waals surface area contributed by atoms with E-state index in [1.54, 1.807) is 21.7 Å². The molecule has 7 heteroatoms. The van der Waals surface area contributed by atoms with Crippen LogP contribution in [-0.4, -0.2) is 39.8 Å². The number of pyridine rings is 1. The van der Waals surface area contributed by atoms with Gasteiger partial charge in [0.1, 0.15) is 0 Å². The Morgan fingerprint density at radius 1 is 1.14 bits per heavy atom. The highest BCUT2D eigenvalue weighted by Crippen LogP contribution is 2.26. The molecule has 0 atom stereocenters. The monoisotopic (exact) mass is 390 g/mol. The molecule has 0 unspecified atom stereocenters. The molecule has 1 aliphatic heterocycles. The molecule has 0 spiro atoms. The maximum atomic E-state index is 12.6. The van der Waals surface area contributed by atoms with Crippen molar-refractivity contribution in [2.24, 2.45) is 0 Å². The molecule has 0 bridgehead atoms. The molecule has 3 aromatic rings. The number of carbonyl (C=O) groups is 2. The van der Waals surface area contributed by atoms with Crippen LogP contribution < -0.4 is 4.90 Å². The van der Waals surface area contributed by atoms with E-state index in [9.17, 15) is 9.59 Å². The number of anilines is 1. The standard InChI is InChI=1S/C22H22N4O3/c1-15-12-16(2)26(24-15)20-10-9-18(13-23-20)22(28)29-14-21(27)25-11-5-7-17-6-3-4-8-19(17)25/h3-4,6,8-10,12-13H,5,7,11,14H2,1-2H3. The summed E-state index contributed by atoms with van der Waals surface area (Å²) >= 11 is 0. The third kappa shape index (κ3) is 3.89. The number of nitrogens with zero attached hydrogens (tertiary/aromatic N) is 4. The van der Waals surface area contributed by atoms with E-state index in [2.05, 4.69) is 10.1 Å². The Morgan fingerprint density at radius 3 is 2.69 bits per heavy atom. The molecule has 0 fully saturated rings. The zero-order valence-corrected chi connectivity index (χ0v) is 16.5. The summed E-state index contributed by atoms with van der Waals surface area (Å²) in [6, 6.07) is 13.1. The highest BCUT2D eigenvalue weighted by atomic mass is 16.5. The Kier molecular flexibility index (Phi) is 5.12. The minimum atomic E-state index is -0.573. The average Bonchev–Trinajstić information content (AvgIpc) is 3.09. The van der Waals surface area contributed by atoms with Gasteiger partial charge in [-0.3, -0.25) is 4.79 Å². The summed E-state index contributed by atoms with van der Waals surface area (Å²) in [4.78, 5) is 30.9. The van der Waals surface area contributed by atoms with Gasteiger partial charge in [-0.15, -0.1) is 0 Å². The van der Waals surface area contributed by atoms with E-state index in [0.717, 1.165) is 35.5 Å². The van der Waals surface area contributed by atoms with Crippen LogP contribution in [-0.2, 0) is 16.0 Å². The fourth-order valence-corrected chi connectivity index (χ4v) is 3.57. The van der Waals surface area contributed by atoms with E-state index in [1.165, 1.54) is 6.20 Å². The van der Waals surface area contributed by atoms with Gasteiger partial charge in [-0.25, -0.2) is 14.5 Å². The topological polar surface area (TPSA) is 77.3 Å². The number of amides is 1. The molecule has 0 radical (unpaired) electrons. The second kappa shape index (κ2) is 7.87. The van der Waals surface area contributed by atoms with Crippen LogP contribution in [0.5, 0.6) is 0 Å². The highest BCUT2D eigenvalue weighted by molar-refractivity contribution is 5.97. The average molecular weight is 390 g/mol. The summed E-state index contributed by atoms with van der Waals surface area (Å²) in [5.74, 6) is -0.179.